The number of rotatable bonds is 5. The zero-order valence-electron chi connectivity index (χ0n) is 32.2. The van der Waals surface area contributed by atoms with Crippen LogP contribution in [-0.2, 0) is 10.8 Å². The highest BCUT2D eigenvalue weighted by atomic mass is 15.1. The van der Waals surface area contributed by atoms with Crippen molar-refractivity contribution in [3.05, 3.63) is 204 Å². The molecular formula is C54H42N2. The predicted molar refractivity (Wildman–Crippen MR) is 236 cm³/mol. The van der Waals surface area contributed by atoms with E-state index in [-0.39, 0.29) is 10.8 Å². The van der Waals surface area contributed by atoms with Gasteiger partial charge in [-0.15, -0.1) is 0 Å². The number of nitrogens with zero attached hydrogens (tertiary/aromatic N) is 2. The van der Waals surface area contributed by atoms with Gasteiger partial charge >= 0.3 is 0 Å². The van der Waals surface area contributed by atoms with Gasteiger partial charge in [-0.1, -0.05) is 161 Å². The first-order valence-electron chi connectivity index (χ1n) is 19.8. The van der Waals surface area contributed by atoms with Gasteiger partial charge in [0.25, 0.3) is 0 Å². The van der Waals surface area contributed by atoms with Crippen LogP contribution in [0.4, 0.5) is 17.1 Å². The molecule has 268 valence electrons. The fraction of sp³-hybridized carbons (Fsp3) is 0.111. The Kier molecular flexibility index (Phi) is 6.98. The smallest absolute Gasteiger partial charge is 0.0541 e. The van der Waals surface area contributed by atoms with Gasteiger partial charge in [-0.25, -0.2) is 0 Å². The van der Waals surface area contributed by atoms with Crippen LogP contribution in [0.2, 0.25) is 0 Å². The second-order valence-corrected chi connectivity index (χ2v) is 16.5. The molecule has 2 heteroatoms. The molecule has 11 rings (SSSR count). The van der Waals surface area contributed by atoms with E-state index in [4.69, 9.17) is 0 Å². The Morgan fingerprint density at radius 1 is 0.393 bits per heavy atom. The maximum Gasteiger partial charge on any atom is 0.0541 e. The average molecular weight is 719 g/mol. The van der Waals surface area contributed by atoms with E-state index in [0.717, 1.165) is 17.1 Å². The fourth-order valence-corrected chi connectivity index (χ4v) is 10.1. The Balaban J connectivity index is 1.12. The van der Waals surface area contributed by atoms with Crippen LogP contribution in [0.15, 0.2) is 182 Å². The average Bonchev–Trinajstić information content (AvgIpc) is 3.78. The molecule has 1 aromatic heterocycles. The number of para-hydroxylation sites is 3. The summed E-state index contributed by atoms with van der Waals surface area (Å²) in [4.78, 5) is 2.49. The number of hydrogen-bond donors (Lipinski definition) is 0. The Morgan fingerprint density at radius 2 is 0.911 bits per heavy atom. The minimum Gasteiger partial charge on any atom is -0.310 e. The number of benzene rings is 8. The van der Waals surface area contributed by atoms with Gasteiger partial charge in [-0.05, 0) is 98.6 Å². The van der Waals surface area contributed by atoms with E-state index in [1.807, 2.05) is 0 Å². The minimum absolute atomic E-state index is 0.114. The summed E-state index contributed by atoms with van der Waals surface area (Å²) >= 11 is 0. The highest BCUT2D eigenvalue weighted by Crippen LogP contribution is 2.55. The lowest BCUT2D eigenvalue weighted by Gasteiger charge is -2.31. The van der Waals surface area contributed by atoms with E-state index in [1.165, 1.54) is 83.1 Å². The normalized spacial score (nSPS) is 14.4. The molecule has 8 aromatic carbocycles. The van der Waals surface area contributed by atoms with Gasteiger partial charge < -0.3 is 9.47 Å². The molecule has 0 N–H and O–H groups in total. The van der Waals surface area contributed by atoms with Crippen molar-refractivity contribution in [3.8, 4) is 39.1 Å². The van der Waals surface area contributed by atoms with Crippen LogP contribution in [0.1, 0.15) is 49.9 Å². The van der Waals surface area contributed by atoms with E-state index in [1.54, 1.807) is 0 Å². The molecule has 0 radical (unpaired) electrons. The zero-order chi connectivity index (χ0) is 37.8. The standard InChI is InChI=1S/C54H42N2/c1-53(2)45-24-12-8-20-39(45)40-31-29-36(33-46(40)53)55(48-25-13-9-19-38(48)35-17-6-5-7-18-35)37-30-32-41-44-23-16-28-51(52(44)54(3,4)47(41)34-37)56-49-26-14-10-21-42(49)43-22-11-15-27-50(43)56/h5-34H,1-4H3. The summed E-state index contributed by atoms with van der Waals surface area (Å²) in [7, 11) is 0. The van der Waals surface area contributed by atoms with Crippen molar-refractivity contribution in [1.82, 2.24) is 4.57 Å². The molecule has 0 unspecified atom stereocenters. The molecule has 0 saturated heterocycles. The number of aromatic nitrogens is 1. The molecule has 2 aliphatic rings. The van der Waals surface area contributed by atoms with Crippen LogP contribution in [0.5, 0.6) is 0 Å². The maximum atomic E-state index is 2.49. The van der Waals surface area contributed by atoms with Gasteiger partial charge in [0.2, 0.25) is 0 Å². The van der Waals surface area contributed by atoms with Crippen molar-refractivity contribution in [2.24, 2.45) is 0 Å². The molecule has 0 atom stereocenters. The maximum absolute atomic E-state index is 2.49. The van der Waals surface area contributed by atoms with Crippen LogP contribution in [0.3, 0.4) is 0 Å². The molecule has 56 heavy (non-hydrogen) atoms. The highest BCUT2D eigenvalue weighted by Gasteiger charge is 2.40. The lowest BCUT2D eigenvalue weighted by Crippen LogP contribution is -2.19. The quantitative estimate of drug-likeness (QED) is 0.172. The summed E-state index contributed by atoms with van der Waals surface area (Å²) in [5.41, 5.74) is 20.0. The molecule has 0 aliphatic heterocycles. The van der Waals surface area contributed by atoms with Crippen molar-refractivity contribution < 1.29 is 0 Å². The summed E-state index contributed by atoms with van der Waals surface area (Å²) in [6, 6.07) is 67.4. The number of hydrogen-bond acceptors (Lipinski definition) is 1. The van der Waals surface area contributed by atoms with Crippen LogP contribution in [-0.4, -0.2) is 4.57 Å². The fourth-order valence-electron chi connectivity index (χ4n) is 10.1. The van der Waals surface area contributed by atoms with E-state index in [2.05, 4.69) is 219 Å². The van der Waals surface area contributed by atoms with E-state index in [0.29, 0.717) is 0 Å². The highest BCUT2D eigenvalue weighted by molar-refractivity contribution is 6.09. The molecule has 0 fully saturated rings. The first-order chi connectivity index (χ1) is 27.3. The zero-order valence-corrected chi connectivity index (χ0v) is 32.2. The molecule has 0 amide bonds. The third-order valence-corrected chi connectivity index (χ3v) is 12.8. The molecule has 9 aromatic rings. The molecule has 2 aliphatic carbocycles. The van der Waals surface area contributed by atoms with E-state index >= 15 is 0 Å². The minimum atomic E-state index is -0.268. The third-order valence-electron chi connectivity index (χ3n) is 12.8. The molecule has 0 spiro atoms. The largest absolute Gasteiger partial charge is 0.310 e. The predicted octanol–water partition coefficient (Wildman–Crippen LogP) is 14.5. The number of fused-ring (bicyclic) bond motifs is 9. The monoisotopic (exact) mass is 718 g/mol. The first kappa shape index (κ1) is 32.8. The lowest BCUT2D eigenvalue weighted by atomic mass is 9.81. The van der Waals surface area contributed by atoms with Crippen LogP contribution in [0, 0.1) is 0 Å². The van der Waals surface area contributed by atoms with Crippen LogP contribution < -0.4 is 4.90 Å². The topological polar surface area (TPSA) is 8.17 Å². The SMILES string of the molecule is CC1(C)c2ccccc2-c2ccc(N(c3ccc4c(c3)C(C)(C)c3c-4cccc3-n3c4ccccc4c4ccccc43)c3ccccc3-c3ccccc3)cc21. The van der Waals surface area contributed by atoms with Gasteiger partial charge in [0.1, 0.15) is 0 Å². The van der Waals surface area contributed by atoms with Gasteiger partial charge in [0.05, 0.1) is 22.4 Å². The van der Waals surface area contributed by atoms with Gasteiger partial charge in [-0.2, -0.15) is 0 Å². The summed E-state index contributed by atoms with van der Waals surface area (Å²) in [5, 5.41) is 2.56. The summed E-state index contributed by atoms with van der Waals surface area (Å²) in [5.74, 6) is 0. The van der Waals surface area contributed by atoms with Gasteiger partial charge in [0, 0.05) is 38.5 Å². The molecule has 2 nitrogen and oxygen atoms in total. The summed E-state index contributed by atoms with van der Waals surface area (Å²) in [6.07, 6.45) is 0. The molecule has 0 saturated carbocycles. The Bertz CT molecular complexity index is 2980. The van der Waals surface area contributed by atoms with Gasteiger partial charge in [0.15, 0.2) is 0 Å². The Hall–Kier alpha value is -6.64. The number of anilines is 3. The summed E-state index contributed by atoms with van der Waals surface area (Å²) < 4.78 is 2.49. The van der Waals surface area contributed by atoms with Crippen LogP contribution in [0.25, 0.3) is 60.9 Å². The molecule has 1 heterocycles. The van der Waals surface area contributed by atoms with E-state index in [9.17, 15) is 0 Å². The van der Waals surface area contributed by atoms with Crippen molar-refractivity contribution in [2.75, 3.05) is 4.90 Å². The summed E-state index contributed by atoms with van der Waals surface area (Å²) in [6.45, 7) is 9.56. The second-order valence-electron chi connectivity index (χ2n) is 16.5. The third kappa shape index (κ3) is 4.56. The Morgan fingerprint density at radius 3 is 1.61 bits per heavy atom. The van der Waals surface area contributed by atoms with Gasteiger partial charge in [-0.3, -0.25) is 0 Å². The first-order valence-corrected chi connectivity index (χ1v) is 19.8. The van der Waals surface area contributed by atoms with Crippen LogP contribution >= 0.6 is 0 Å². The lowest BCUT2D eigenvalue weighted by molar-refractivity contribution is 0.656. The van der Waals surface area contributed by atoms with Crippen molar-refractivity contribution in [3.63, 3.8) is 0 Å². The van der Waals surface area contributed by atoms with Crippen molar-refractivity contribution >= 4 is 38.9 Å². The molecular weight excluding hydrogens is 677 g/mol. The Labute approximate surface area is 328 Å². The van der Waals surface area contributed by atoms with E-state index < -0.39 is 0 Å². The second kappa shape index (κ2) is 11.9. The van der Waals surface area contributed by atoms with Crippen molar-refractivity contribution in [1.29, 1.82) is 0 Å². The van der Waals surface area contributed by atoms with Crippen molar-refractivity contribution in [2.45, 2.75) is 38.5 Å². The molecule has 0 bridgehead atoms.